The molecule has 28 heavy (non-hydrogen) atoms. The summed E-state index contributed by atoms with van der Waals surface area (Å²) in [7, 11) is 1.79. The van der Waals surface area contributed by atoms with Gasteiger partial charge in [0.25, 0.3) is 0 Å². The maximum absolute atomic E-state index is 5.32. The van der Waals surface area contributed by atoms with E-state index < -0.39 is 0 Å². The van der Waals surface area contributed by atoms with E-state index in [4.69, 9.17) is 9.73 Å². The molecule has 2 fully saturated rings. The van der Waals surface area contributed by atoms with E-state index in [0.29, 0.717) is 5.92 Å². The van der Waals surface area contributed by atoms with Crippen LogP contribution in [0.4, 0.5) is 0 Å². The van der Waals surface area contributed by atoms with Gasteiger partial charge in [-0.15, -0.1) is 0 Å². The molecule has 2 unspecified atom stereocenters. The van der Waals surface area contributed by atoms with Crippen molar-refractivity contribution in [3.05, 3.63) is 35.4 Å². The first-order valence-electron chi connectivity index (χ1n) is 11.0. The number of benzene rings is 1. The van der Waals surface area contributed by atoms with Crippen molar-refractivity contribution in [2.75, 3.05) is 46.4 Å². The Hall–Kier alpha value is -1.59. The molecule has 0 bridgehead atoms. The van der Waals surface area contributed by atoms with Gasteiger partial charge in [-0.3, -0.25) is 4.90 Å². The summed E-state index contributed by atoms with van der Waals surface area (Å²) in [4.78, 5) is 9.86. The van der Waals surface area contributed by atoms with Gasteiger partial charge in [0.05, 0.1) is 13.2 Å². The largest absolute Gasteiger partial charge is 0.384 e. The van der Waals surface area contributed by atoms with Crippen molar-refractivity contribution in [3.63, 3.8) is 0 Å². The molecular weight excluding hydrogens is 348 g/mol. The highest BCUT2D eigenvalue weighted by Crippen LogP contribution is 2.19. The van der Waals surface area contributed by atoms with Crippen LogP contribution >= 0.6 is 0 Å². The van der Waals surface area contributed by atoms with Gasteiger partial charge in [0, 0.05) is 45.8 Å². The summed E-state index contributed by atoms with van der Waals surface area (Å²) in [5, 5.41) is 3.46. The van der Waals surface area contributed by atoms with Gasteiger partial charge in [-0.1, -0.05) is 31.2 Å². The summed E-state index contributed by atoms with van der Waals surface area (Å²) in [6.07, 6.45) is 3.90. The summed E-state index contributed by atoms with van der Waals surface area (Å²) in [6.45, 7) is 12.6. The summed E-state index contributed by atoms with van der Waals surface area (Å²) in [5.74, 6) is 2.49. The lowest BCUT2D eigenvalue weighted by atomic mass is 9.99. The second-order valence-corrected chi connectivity index (χ2v) is 8.53. The fourth-order valence-corrected chi connectivity index (χ4v) is 4.43. The van der Waals surface area contributed by atoms with E-state index in [1.165, 1.54) is 43.5 Å². The Morgan fingerprint density at radius 3 is 2.64 bits per heavy atom. The van der Waals surface area contributed by atoms with E-state index in [1.54, 1.807) is 7.11 Å². The zero-order chi connectivity index (χ0) is 19.8. The highest BCUT2D eigenvalue weighted by Gasteiger charge is 2.24. The number of piperidine rings is 1. The van der Waals surface area contributed by atoms with Crippen molar-refractivity contribution in [1.82, 2.24) is 15.1 Å². The minimum Gasteiger partial charge on any atom is -0.384 e. The second-order valence-electron chi connectivity index (χ2n) is 8.53. The minimum atomic E-state index is 0.616. The van der Waals surface area contributed by atoms with Gasteiger partial charge in [0.15, 0.2) is 5.96 Å². The first-order chi connectivity index (χ1) is 13.7. The Labute approximate surface area is 171 Å². The van der Waals surface area contributed by atoms with Crippen molar-refractivity contribution in [2.24, 2.45) is 16.8 Å². The average Bonchev–Trinajstić information content (AvgIpc) is 3.15. The molecule has 2 aliphatic rings. The lowest BCUT2D eigenvalue weighted by Crippen LogP contribution is -2.40. The van der Waals surface area contributed by atoms with Crippen LogP contribution in [0.25, 0.3) is 0 Å². The highest BCUT2D eigenvalue weighted by molar-refractivity contribution is 5.80. The van der Waals surface area contributed by atoms with Gasteiger partial charge in [-0.2, -0.15) is 0 Å². The van der Waals surface area contributed by atoms with E-state index in [2.05, 4.69) is 53.2 Å². The Kier molecular flexibility index (Phi) is 8.16. The molecule has 5 nitrogen and oxygen atoms in total. The van der Waals surface area contributed by atoms with Gasteiger partial charge >= 0.3 is 0 Å². The molecule has 3 rings (SSSR count). The molecule has 5 heteroatoms. The second kappa shape index (κ2) is 10.8. The van der Waals surface area contributed by atoms with Crippen LogP contribution in [0.1, 0.15) is 44.2 Å². The predicted molar refractivity (Wildman–Crippen MR) is 116 cm³/mol. The molecule has 0 saturated carbocycles. The number of rotatable bonds is 7. The number of methoxy groups -OCH3 is 1. The van der Waals surface area contributed by atoms with E-state index in [9.17, 15) is 0 Å². The fraction of sp³-hybridized carbons (Fsp3) is 0.696. The van der Waals surface area contributed by atoms with Crippen LogP contribution in [-0.2, 0) is 17.8 Å². The third-order valence-electron chi connectivity index (χ3n) is 5.90. The number of ether oxygens (including phenoxy) is 1. The lowest BCUT2D eigenvalue weighted by Gasteiger charge is -2.30. The minimum absolute atomic E-state index is 0.616. The number of aliphatic imine (C=N–C) groups is 1. The molecule has 2 heterocycles. The van der Waals surface area contributed by atoms with Crippen LogP contribution in [0.15, 0.2) is 29.3 Å². The number of nitrogens with zero attached hydrogens (tertiary/aromatic N) is 3. The standard InChI is InChI=1S/C23H38N4O/c1-4-24-23(27-13-11-22(17-27)18-28-3)25-14-20-7-9-21(10-8-20)16-26-12-5-6-19(2)15-26/h7-10,19,22H,4-6,11-18H2,1-3H3,(H,24,25). The normalized spacial score (nSPS) is 24.0. The average molecular weight is 387 g/mol. The van der Waals surface area contributed by atoms with E-state index >= 15 is 0 Å². The zero-order valence-electron chi connectivity index (χ0n) is 18.0. The van der Waals surface area contributed by atoms with E-state index in [1.807, 2.05) is 0 Å². The molecule has 2 saturated heterocycles. The van der Waals surface area contributed by atoms with Crippen LogP contribution in [0, 0.1) is 11.8 Å². The monoisotopic (exact) mass is 386 g/mol. The molecule has 0 aromatic heterocycles. The number of likely N-dealkylation sites (tertiary alicyclic amines) is 2. The Morgan fingerprint density at radius 1 is 1.14 bits per heavy atom. The number of hydrogen-bond donors (Lipinski definition) is 1. The van der Waals surface area contributed by atoms with Gasteiger partial charge < -0.3 is 15.0 Å². The molecular formula is C23H38N4O. The van der Waals surface area contributed by atoms with Gasteiger partial charge in [-0.25, -0.2) is 4.99 Å². The van der Waals surface area contributed by atoms with E-state index in [-0.39, 0.29) is 0 Å². The molecule has 1 aromatic rings. The smallest absolute Gasteiger partial charge is 0.194 e. The van der Waals surface area contributed by atoms with Crippen molar-refractivity contribution in [1.29, 1.82) is 0 Å². The maximum atomic E-state index is 5.32. The van der Waals surface area contributed by atoms with Gasteiger partial charge in [0.2, 0.25) is 0 Å². The summed E-state index contributed by atoms with van der Waals surface area (Å²) in [6, 6.07) is 9.05. The van der Waals surface area contributed by atoms with Crippen molar-refractivity contribution >= 4 is 5.96 Å². The zero-order valence-corrected chi connectivity index (χ0v) is 18.0. The summed E-state index contributed by atoms with van der Waals surface area (Å²) < 4.78 is 5.32. The Balaban J connectivity index is 1.54. The molecule has 0 radical (unpaired) electrons. The van der Waals surface area contributed by atoms with Crippen LogP contribution in [0.3, 0.4) is 0 Å². The SMILES string of the molecule is CCNC(=NCc1ccc(CN2CCCC(C)C2)cc1)N1CCC(COC)C1. The highest BCUT2D eigenvalue weighted by atomic mass is 16.5. The maximum Gasteiger partial charge on any atom is 0.194 e. The molecule has 1 N–H and O–H groups in total. The Bertz CT molecular complexity index is 616. The molecule has 0 aliphatic carbocycles. The Morgan fingerprint density at radius 2 is 1.93 bits per heavy atom. The summed E-state index contributed by atoms with van der Waals surface area (Å²) in [5.41, 5.74) is 2.69. The predicted octanol–water partition coefficient (Wildman–Crippen LogP) is 3.35. The summed E-state index contributed by atoms with van der Waals surface area (Å²) >= 11 is 0. The third kappa shape index (κ3) is 6.21. The van der Waals surface area contributed by atoms with Crippen molar-refractivity contribution < 1.29 is 4.74 Å². The number of hydrogen-bond acceptors (Lipinski definition) is 3. The molecule has 1 aromatic carbocycles. The van der Waals surface area contributed by atoms with Crippen LogP contribution < -0.4 is 5.32 Å². The fourth-order valence-electron chi connectivity index (χ4n) is 4.43. The van der Waals surface area contributed by atoms with E-state index in [0.717, 1.165) is 51.2 Å². The third-order valence-corrected chi connectivity index (χ3v) is 5.90. The van der Waals surface area contributed by atoms with Crippen LogP contribution in [0.2, 0.25) is 0 Å². The quantitative estimate of drug-likeness (QED) is 0.576. The number of guanidine groups is 1. The first-order valence-corrected chi connectivity index (χ1v) is 11.0. The van der Waals surface area contributed by atoms with Crippen LogP contribution in [0.5, 0.6) is 0 Å². The van der Waals surface area contributed by atoms with Crippen molar-refractivity contribution in [2.45, 2.75) is 46.2 Å². The van der Waals surface area contributed by atoms with Crippen LogP contribution in [-0.4, -0.2) is 62.2 Å². The molecule has 156 valence electrons. The molecule has 0 spiro atoms. The molecule has 2 atom stereocenters. The topological polar surface area (TPSA) is 40.1 Å². The van der Waals surface area contributed by atoms with Gasteiger partial charge in [0.1, 0.15) is 0 Å². The van der Waals surface area contributed by atoms with Crippen molar-refractivity contribution in [3.8, 4) is 0 Å². The molecule has 0 amide bonds. The van der Waals surface area contributed by atoms with Gasteiger partial charge in [-0.05, 0) is 49.8 Å². The lowest BCUT2D eigenvalue weighted by molar-refractivity contribution is 0.157. The molecule has 2 aliphatic heterocycles. The first kappa shape index (κ1) is 21.1. The number of nitrogens with one attached hydrogen (secondary N) is 1.